The number of pyridine rings is 2. The molecule has 4 rings (SSSR count). The van der Waals surface area contributed by atoms with Gasteiger partial charge in [-0.1, -0.05) is 43.2 Å². The van der Waals surface area contributed by atoms with Crippen molar-refractivity contribution >= 4 is 28.3 Å². The molecule has 2 aromatic heterocycles. The Labute approximate surface area is 214 Å². The summed E-state index contributed by atoms with van der Waals surface area (Å²) in [4.78, 5) is 40.4. The molecule has 0 saturated carbocycles. The highest BCUT2D eigenvalue weighted by Gasteiger charge is 2.12. The number of nitrogens with zero attached hydrogens (tertiary/aromatic N) is 2. The van der Waals surface area contributed by atoms with E-state index in [1.54, 1.807) is 12.1 Å². The zero-order chi connectivity index (χ0) is 26.2. The highest BCUT2D eigenvalue weighted by Crippen LogP contribution is 2.30. The van der Waals surface area contributed by atoms with Gasteiger partial charge in [0.15, 0.2) is 0 Å². The number of fused-ring (bicyclic) bond motifs is 1. The third-order valence-electron chi connectivity index (χ3n) is 6.28. The first kappa shape index (κ1) is 25.8. The van der Waals surface area contributed by atoms with E-state index in [2.05, 4.69) is 28.5 Å². The van der Waals surface area contributed by atoms with Gasteiger partial charge in [0.05, 0.1) is 5.69 Å². The SMILES string of the molecule is NCCCCCCc1cccc2c(-c3cccc(C(=O)Nc4ccc(=O)n(CC(=O)O)c4)c3)cncc12. The number of amides is 1. The van der Waals surface area contributed by atoms with Crippen molar-refractivity contribution < 1.29 is 14.7 Å². The van der Waals surface area contributed by atoms with Crippen molar-refractivity contribution in [2.45, 2.75) is 38.6 Å². The van der Waals surface area contributed by atoms with Crippen molar-refractivity contribution in [2.75, 3.05) is 11.9 Å². The lowest BCUT2D eigenvalue weighted by molar-refractivity contribution is -0.137. The zero-order valence-electron chi connectivity index (χ0n) is 20.5. The molecule has 0 unspecified atom stereocenters. The lowest BCUT2D eigenvalue weighted by atomic mass is 9.95. The Morgan fingerprint density at radius 2 is 1.76 bits per heavy atom. The Balaban J connectivity index is 1.57. The number of aryl methyl sites for hydroxylation is 1. The van der Waals surface area contributed by atoms with Crippen LogP contribution in [0.4, 0.5) is 5.69 Å². The summed E-state index contributed by atoms with van der Waals surface area (Å²) in [7, 11) is 0. The average molecular weight is 499 g/mol. The molecule has 8 nitrogen and oxygen atoms in total. The van der Waals surface area contributed by atoms with Gasteiger partial charge in [0.25, 0.3) is 11.5 Å². The van der Waals surface area contributed by atoms with E-state index in [1.165, 1.54) is 23.9 Å². The fourth-order valence-corrected chi connectivity index (χ4v) is 4.42. The quantitative estimate of drug-likeness (QED) is 0.262. The van der Waals surface area contributed by atoms with Crippen LogP contribution in [-0.4, -0.2) is 33.1 Å². The molecule has 0 fully saturated rings. The number of anilines is 1. The largest absolute Gasteiger partial charge is 0.480 e. The molecule has 190 valence electrons. The molecule has 0 aliphatic rings. The van der Waals surface area contributed by atoms with Crippen LogP contribution in [-0.2, 0) is 17.8 Å². The summed E-state index contributed by atoms with van der Waals surface area (Å²) in [5, 5.41) is 13.9. The minimum Gasteiger partial charge on any atom is -0.480 e. The first-order chi connectivity index (χ1) is 18.0. The number of hydrogen-bond acceptors (Lipinski definition) is 5. The number of hydrogen-bond donors (Lipinski definition) is 3. The molecule has 0 saturated heterocycles. The number of rotatable bonds is 11. The zero-order valence-corrected chi connectivity index (χ0v) is 20.5. The molecule has 1 amide bonds. The smallest absolute Gasteiger partial charge is 0.323 e. The molecule has 2 aromatic carbocycles. The number of nitrogens with one attached hydrogen (secondary N) is 1. The standard InChI is InChI=1S/C29H30N4O4/c30-14-4-2-1-3-7-20-8-6-11-24-25(20)16-31-17-26(24)21-9-5-10-22(15-21)29(37)32-23-12-13-27(34)33(18-23)19-28(35)36/h5-6,8-13,15-18H,1-4,7,14,19,30H2,(H,32,37)(H,35,36). The van der Waals surface area contributed by atoms with Crippen LogP contribution in [0.1, 0.15) is 41.6 Å². The predicted molar refractivity (Wildman–Crippen MR) is 145 cm³/mol. The molecular weight excluding hydrogens is 468 g/mol. The lowest BCUT2D eigenvalue weighted by Gasteiger charge is -2.12. The van der Waals surface area contributed by atoms with E-state index < -0.39 is 18.1 Å². The summed E-state index contributed by atoms with van der Waals surface area (Å²) in [5.41, 5.74) is 8.96. The van der Waals surface area contributed by atoms with E-state index in [0.29, 0.717) is 11.3 Å². The molecule has 4 aromatic rings. The molecule has 37 heavy (non-hydrogen) atoms. The van der Waals surface area contributed by atoms with Crippen molar-refractivity contribution in [1.82, 2.24) is 9.55 Å². The van der Waals surface area contributed by atoms with Crippen molar-refractivity contribution in [2.24, 2.45) is 5.73 Å². The molecule has 0 aliphatic heterocycles. The van der Waals surface area contributed by atoms with Gasteiger partial charge >= 0.3 is 5.97 Å². The molecule has 0 spiro atoms. The van der Waals surface area contributed by atoms with Crippen molar-refractivity contribution in [3.63, 3.8) is 0 Å². The minimum atomic E-state index is -1.14. The van der Waals surface area contributed by atoms with Crippen molar-refractivity contribution in [3.8, 4) is 11.1 Å². The van der Waals surface area contributed by atoms with Gasteiger partial charge in [-0.05, 0) is 60.5 Å². The van der Waals surface area contributed by atoms with Crippen LogP contribution in [0, 0.1) is 0 Å². The number of aliphatic carboxylic acids is 1. The molecule has 0 bridgehead atoms. The van der Waals surface area contributed by atoms with E-state index in [0.717, 1.165) is 65.1 Å². The second kappa shape index (κ2) is 12.1. The van der Waals surface area contributed by atoms with Crippen molar-refractivity contribution in [3.05, 3.63) is 94.7 Å². The van der Waals surface area contributed by atoms with Crippen LogP contribution in [0.5, 0.6) is 0 Å². The monoisotopic (exact) mass is 498 g/mol. The van der Waals surface area contributed by atoms with Gasteiger partial charge in [-0.15, -0.1) is 0 Å². The molecular formula is C29H30N4O4. The maximum atomic E-state index is 13.0. The van der Waals surface area contributed by atoms with Crippen LogP contribution in [0.2, 0.25) is 0 Å². The fourth-order valence-electron chi connectivity index (χ4n) is 4.42. The van der Waals surface area contributed by atoms with Gasteiger partial charge in [0.2, 0.25) is 0 Å². The van der Waals surface area contributed by atoms with Crippen LogP contribution in [0.3, 0.4) is 0 Å². The number of benzene rings is 2. The molecule has 8 heteroatoms. The number of unbranched alkanes of at least 4 members (excludes halogenated alkanes) is 3. The van der Waals surface area contributed by atoms with Crippen LogP contribution in [0.15, 0.2) is 78.0 Å². The molecule has 2 heterocycles. The summed E-state index contributed by atoms with van der Waals surface area (Å²) in [6, 6.07) is 16.2. The number of carboxylic acid groups (broad SMARTS) is 1. The Bertz CT molecular complexity index is 1480. The second-order valence-electron chi connectivity index (χ2n) is 8.96. The first-order valence-corrected chi connectivity index (χ1v) is 12.4. The van der Waals surface area contributed by atoms with Gasteiger partial charge in [0, 0.05) is 41.2 Å². The van der Waals surface area contributed by atoms with Gasteiger partial charge in [-0.2, -0.15) is 0 Å². The Morgan fingerprint density at radius 3 is 2.57 bits per heavy atom. The van der Waals surface area contributed by atoms with Crippen molar-refractivity contribution in [1.29, 1.82) is 0 Å². The average Bonchev–Trinajstić information content (AvgIpc) is 2.90. The van der Waals surface area contributed by atoms with Crippen LogP contribution < -0.4 is 16.6 Å². The highest BCUT2D eigenvalue weighted by molar-refractivity contribution is 6.06. The maximum Gasteiger partial charge on any atom is 0.323 e. The topological polar surface area (TPSA) is 127 Å². The second-order valence-corrected chi connectivity index (χ2v) is 8.96. The van der Waals surface area contributed by atoms with Gasteiger partial charge in [0.1, 0.15) is 6.54 Å². The van der Waals surface area contributed by atoms with E-state index in [9.17, 15) is 14.4 Å². The summed E-state index contributed by atoms with van der Waals surface area (Å²) < 4.78 is 1.03. The summed E-state index contributed by atoms with van der Waals surface area (Å²) in [6.45, 7) is 0.248. The summed E-state index contributed by atoms with van der Waals surface area (Å²) >= 11 is 0. The molecule has 0 aliphatic carbocycles. The molecule has 0 radical (unpaired) electrons. The van der Waals surface area contributed by atoms with Gasteiger partial charge in [-0.3, -0.25) is 19.4 Å². The third-order valence-corrected chi connectivity index (χ3v) is 6.28. The summed E-state index contributed by atoms with van der Waals surface area (Å²) in [5.74, 6) is -1.51. The van der Waals surface area contributed by atoms with E-state index in [4.69, 9.17) is 10.8 Å². The number of aromatic nitrogens is 2. The molecule has 0 atom stereocenters. The Hall–Kier alpha value is -4.30. The maximum absolute atomic E-state index is 13.0. The van der Waals surface area contributed by atoms with Gasteiger partial charge in [-0.25, -0.2) is 0 Å². The van der Waals surface area contributed by atoms with Crippen LogP contribution >= 0.6 is 0 Å². The van der Waals surface area contributed by atoms with E-state index >= 15 is 0 Å². The third kappa shape index (κ3) is 6.48. The van der Waals surface area contributed by atoms with E-state index in [-0.39, 0.29) is 5.91 Å². The van der Waals surface area contributed by atoms with Gasteiger partial charge < -0.3 is 20.7 Å². The minimum absolute atomic E-state index is 0.333. The normalized spacial score (nSPS) is 10.9. The Kier molecular flexibility index (Phi) is 8.43. The predicted octanol–water partition coefficient (Wildman–Crippen LogP) is 4.46. The lowest BCUT2D eigenvalue weighted by Crippen LogP contribution is -2.24. The summed E-state index contributed by atoms with van der Waals surface area (Å²) in [6.07, 6.45) is 10.4. The number of carboxylic acids is 1. The Morgan fingerprint density at radius 1 is 0.946 bits per heavy atom. The highest BCUT2D eigenvalue weighted by atomic mass is 16.4. The van der Waals surface area contributed by atoms with E-state index in [1.807, 2.05) is 24.5 Å². The number of carbonyl (C=O) groups excluding carboxylic acids is 1. The number of nitrogens with two attached hydrogens (primary N) is 1. The number of carbonyl (C=O) groups is 2. The van der Waals surface area contributed by atoms with Crippen LogP contribution in [0.25, 0.3) is 21.9 Å². The fraction of sp³-hybridized carbons (Fsp3) is 0.241. The first-order valence-electron chi connectivity index (χ1n) is 12.4. The molecule has 4 N–H and O–H groups in total.